The average Bonchev–Trinajstić information content (AvgIpc) is 3.07. The van der Waals surface area contributed by atoms with Crippen LogP contribution in [0.15, 0.2) is 60.8 Å². The third kappa shape index (κ3) is 3.67. The summed E-state index contributed by atoms with van der Waals surface area (Å²) in [5.74, 6) is 0.889. The van der Waals surface area contributed by atoms with Crippen molar-refractivity contribution in [2.75, 3.05) is 12.4 Å². The molecule has 7 heteroatoms. The molecule has 1 N–H and O–H groups in total. The van der Waals surface area contributed by atoms with Crippen LogP contribution >= 0.6 is 23.2 Å². The molecule has 0 aliphatic carbocycles. The molecule has 0 radical (unpaired) electrons. The monoisotopic (exact) mass is 425 g/mol. The molecule has 4 rings (SSSR count). The van der Waals surface area contributed by atoms with Gasteiger partial charge in [-0.1, -0.05) is 35.3 Å². The van der Waals surface area contributed by atoms with Crippen LogP contribution in [0.3, 0.4) is 0 Å². The van der Waals surface area contributed by atoms with Crippen molar-refractivity contribution in [2.24, 2.45) is 0 Å². The van der Waals surface area contributed by atoms with Crippen molar-refractivity contribution in [1.29, 1.82) is 0 Å². The zero-order valence-corrected chi connectivity index (χ0v) is 17.3. The lowest BCUT2D eigenvalue weighted by Crippen LogP contribution is -2.14. The normalized spacial score (nSPS) is 10.9. The van der Waals surface area contributed by atoms with Crippen LogP contribution < -0.4 is 10.1 Å². The molecular weight excluding hydrogens is 409 g/mol. The Balaban J connectivity index is 1.85. The molecule has 146 valence electrons. The van der Waals surface area contributed by atoms with Gasteiger partial charge in [-0.25, -0.2) is 4.98 Å². The van der Waals surface area contributed by atoms with E-state index >= 15 is 0 Å². The second-order valence-corrected chi connectivity index (χ2v) is 7.34. The molecule has 2 heterocycles. The molecule has 2 aromatic heterocycles. The minimum atomic E-state index is -0.318. The number of carbonyl (C=O) groups excluding carboxylic acids is 1. The van der Waals surface area contributed by atoms with E-state index in [0.29, 0.717) is 32.9 Å². The number of rotatable bonds is 4. The van der Waals surface area contributed by atoms with Crippen molar-refractivity contribution in [2.45, 2.75) is 6.92 Å². The number of nitrogens with one attached hydrogen (secondary N) is 1. The fourth-order valence-corrected chi connectivity index (χ4v) is 3.41. The highest BCUT2D eigenvalue weighted by molar-refractivity contribution is 6.42. The van der Waals surface area contributed by atoms with Gasteiger partial charge in [-0.05, 0) is 55.0 Å². The van der Waals surface area contributed by atoms with Crippen LogP contribution in [0.4, 0.5) is 5.82 Å². The Hall–Kier alpha value is -3.02. The molecule has 0 atom stereocenters. The largest absolute Gasteiger partial charge is 0.496 e. The molecule has 4 aromatic rings. The molecule has 2 aromatic carbocycles. The highest BCUT2D eigenvalue weighted by Crippen LogP contribution is 2.35. The van der Waals surface area contributed by atoms with Gasteiger partial charge in [0.25, 0.3) is 5.91 Å². The maximum absolute atomic E-state index is 12.9. The van der Waals surface area contributed by atoms with Gasteiger partial charge in [0.1, 0.15) is 22.9 Å². The lowest BCUT2D eigenvalue weighted by Gasteiger charge is -2.11. The first-order chi connectivity index (χ1) is 14.0. The SMILES string of the molecule is COc1ccccc1-c1nc2cc(C)ccn2c1NC(=O)c1ccc(Cl)c(Cl)c1. The van der Waals surface area contributed by atoms with Crippen LogP contribution in [0.2, 0.25) is 10.0 Å². The number of hydrogen-bond acceptors (Lipinski definition) is 3. The molecule has 0 aliphatic rings. The van der Waals surface area contributed by atoms with Gasteiger partial charge < -0.3 is 10.1 Å². The van der Waals surface area contributed by atoms with Crippen molar-refractivity contribution < 1.29 is 9.53 Å². The first-order valence-electron chi connectivity index (χ1n) is 8.86. The number of imidazole rings is 1. The summed E-state index contributed by atoms with van der Waals surface area (Å²) in [7, 11) is 1.60. The van der Waals surface area contributed by atoms with Crippen molar-refractivity contribution >= 4 is 40.6 Å². The Morgan fingerprint density at radius 3 is 2.62 bits per heavy atom. The van der Waals surface area contributed by atoms with Gasteiger partial charge in [-0.2, -0.15) is 0 Å². The topological polar surface area (TPSA) is 55.6 Å². The number of para-hydroxylation sites is 1. The van der Waals surface area contributed by atoms with Gasteiger partial charge in [-0.3, -0.25) is 9.20 Å². The maximum Gasteiger partial charge on any atom is 0.256 e. The summed E-state index contributed by atoms with van der Waals surface area (Å²) in [6, 6.07) is 16.2. The van der Waals surface area contributed by atoms with Crippen LogP contribution in [0.25, 0.3) is 16.9 Å². The van der Waals surface area contributed by atoms with E-state index in [9.17, 15) is 4.79 Å². The smallest absolute Gasteiger partial charge is 0.256 e. The number of carbonyl (C=O) groups is 1. The number of methoxy groups -OCH3 is 1. The van der Waals surface area contributed by atoms with E-state index in [1.807, 2.05) is 53.9 Å². The van der Waals surface area contributed by atoms with E-state index in [2.05, 4.69) is 5.32 Å². The molecule has 0 saturated heterocycles. The summed E-state index contributed by atoms with van der Waals surface area (Å²) < 4.78 is 7.34. The molecule has 0 spiro atoms. The van der Waals surface area contributed by atoms with Crippen LogP contribution in [0, 0.1) is 6.92 Å². The summed E-state index contributed by atoms with van der Waals surface area (Å²) in [4.78, 5) is 17.7. The minimum Gasteiger partial charge on any atom is -0.496 e. The van der Waals surface area contributed by atoms with E-state index in [-0.39, 0.29) is 5.91 Å². The number of amides is 1. The predicted octanol–water partition coefficient (Wildman–Crippen LogP) is 5.88. The standard InChI is InChI=1S/C22H17Cl2N3O2/c1-13-9-10-27-19(11-13)25-20(15-5-3-4-6-18(15)29-2)21(27)26-22(28)14-7-8-16(23)17(24)12-14/h3-12H,1-2H3,(H,26,28). The number of ether oxygens (including phenoxy) is 1. The zero-order chi connectivity index (χ0) is 20.5. The van der Waals surface area contributed by atoms with Gasteiger partial charge in [0, 0.05) is 17.3 Å². The summed E-state index contributed by atoms with van der Waals surface area (Å²) in [5.41, 5.74) is 3.57. The second-order valence-electron chi connectivity index (χ2n) is 6.52. The van der Waals surface area contributed by atoms with Gasteiger partial charge in [0.15, 0.2) is 0 Å². The van der Waals surface area contributed by atoms with Crippen LogP contribution in [0.1, 0.15) is 15.9 Å². The predicted molar refractivity (Wildman–Crippen MR) is 116 cm³/mol. The summed E-state index contributed by atoms with van der Waals surface area (Å²) in [6.07, 6.45) is 1.88. The Kier molecular flexibility index (Phi) is 5.18. The summed E-state index contributed by atoms with van der Waals surface area (Å²) in [6.45, 7) is 1.99. The lowest BCUT2D eigenvalue weighted by molar-refractivity contribution is 0.102. The number of benzene rings is 2. The molecule has 0 aliphatic heterocycles. The Bertz CT molecular complexity index is 1230. The molecule has 0 fully saturated rings. The van der Waals surface area contributed by atoms with Gasteiger partial charge in [0.2, 0.25) is 0 Å². The number of pyridine rings is 1. The number of aromatic nitrogens is 2. The van der Waals surface area contributed by atoms with E-state index in [1.165, 1.54) is 6.07 Å². The van der Waals surface area contributed by atoms with Crippen LogP contribution in [-0.2, 0) is 0 Å². The second kappa shape index (κ2) is 7.78. The number of nitrogens with zero attached hydrogens (tertiary/aromatic N) is 2. The van der Waals surface area contributed by atoms with Gasteiger partial charge in [0.05, 0.1) is 17.2 Å². The van der Waals surface area contributed by atoms with Crippen molar-refractivity contribution in [3.63, 3.8) is 0 Å². The van der Waals surface area contributed by atoms with Crippen molar-refractivity contribution in [3.8, 4) is 17.0 Å². The fraction of sp³-hybridized carbons (Fsp3) is 0.0909. The minimum absolute atomic E-state index is 0.318. The van der Waals surface area contributed by atoms with Crippen molar-refractivity contribution in [1.82, 2.24) is 9.38 Å². The number of aryl methyl sites for hydroxylation is 1. The number of fused-ring (bicyclic) bond motifs is 1. The lowest BCUT2D eigenvalue weighted by atomic mass is 10.1. The number of hydrogen-bond donors (Lipinski definition) is 1. The van der Waals surface area contributed by atoms with Gasteiger partial charge >= 0.3 is 0 Å². The van der Waals surface area contributed by atoms with Crippen LogP contribution in [0.5, 0.6) is 5.75 Å². The quantitative estimate of drug-likeness (QED) is 0.444. The fourth-order valence-electron chi connectivity index (χ4n) is 3.11. The summed E-state index contributed by atoms with van der Waals surface area (Å²) >= 11 is 12.0. The Morgan fingerprint density at radius 2 is 1.86 bits per heavy atom. The zero-order valence-electron chi connectivity index (χ0n) is 15.7. The van der Waals surface area contributed by atoms with Crippen LogP contribution in [-0.4, -0.2) is 22.4 Å². The first kappa shape index (κ1) is 19.3. The maximum atomic E-state index is 12.9. The first-order valence-corrected chi connectivity index (χ1v) is 9.62. The highest BCUT2D eigenvalue weighted by atomic mass is 35.5. The van der Waals surface area contributed by atoms with E-state index in [4.69, 9.17) is 32.9 Å². The van der Waals surface area contributed by atoms with Gasteiger partial charge in [-0.15, -0.1) is 0 Å². The molecule has 0 bridgehead atoms. The number of halogens is 2. The third-order valence-electron chi connectivity index (χ3n) is 4.56. The number of anilines is 1. The molecule has 5 nitrogen and oxygen atoms in total. The van der Waals surface area contributed by atoms with E-state index < -0.39 is 0 Å². The third-order valence-corrected chi connectivity index (χ3v) is 5.30. The van der Waals surface area contributed by atoms with E-state index in [1.54, 1.807) is 19.2 Å². The average molecular weight is 426 g/mol. The Labute approximate surface area is 177 Å². The molecular formula is C22H17Cl2N3O2. The highest BCUT2D eigenvalue weighted by Gasteiger charge is 2.20. The van der Waals surface area contributed by atoms with E-state index in [0.717, 1.165) is 16.8 Å². The molecule has 0 saturated carbocycles. The molecule has 29 heavy (non-hydrogen) atoms. The van der Waals surface area contributed by atoms with Crippen molar-refractivity contribution in [3.05, 3.63) is 82.0 Å². The Morgan fingerprint density at radius 1 is 1.07 bits per heavy atom. The molecule has 1 amide bonds. The molecule has 0 unspecified atom stereocenters. The summed E-state index contributed by atoms with van der Waals surface area (Å²) in [5, 5.41) is 3.68.